The number of hydrazine groups is 1. The number of nitrogens with zero attached hydrogens (tertiary/aromatic N) is 3. The molecule has 0 amide bonds. The van der Waals surface area contributed by atoms with E-state index in [1.165, 1.54) is 6.07 Å². The molecule has 0 atom stereocenters. The van der Waals surface area contributed by atoms with Crippen LogP contribution >= 0.6 is 11.6 Å². The molecule has 3 N–H and O–H groups in total. The van der Waals surface area contributed by atoms with Gasteiger partial charge in [0.05, 0.1) is 15.5 Å². The molecule has 2 aromatic rings. The lowest BCUT2D eigenvalue weighted by atomic mass is 10.1. The molecule has 1 aromatic carbocycles. The average Bonchev–Trinajstić information content (AvgIpc) is 2.52. The van der Waals surface area contributed by atoms with E-state index in [-0.39, 0.29) is 17.3 Å². The van der Waals surface area contributed by atoms with Crippen LogP contribution in [0.2, 0.25) is 5.02 Å². The van der Waals surface area contributed by atoms with Crippen molar-refractivity contribution in [1.29, 1.82) is 0 Å². The molecule has 0 bridgehead atoms. The number of rotatable bonds is 5. The Morgan fingerprint density at radius 2 is 1.78 bits per heavy atom. The van der Waals surface area contributed by atoms with E-state index in [2.05, 4.69) is 26.1 Å². The smallest absolute Gasteiger partial charge is 0.334 e. The van der Waals surface area contributed by atoms with Crippen molar-refractivity contribution in [3.63, 3.8) is 0 Å². The zero-order valence-corrected chi connectivity index (χ0v) is 15.2. The van der Waals surface area contributed by atoms with Crippen LogP contribution in [0.5, 0.6) is 0 Å². The first-order valence-electron chi connectivity index (χ1n) is 7.55. The largest absolute Gasteiger partial charge is 0.417 e. The summed E-state index contributed by atoms with van der Waals surface area (Å²) in [5.74, 6) is -0.416. The molecule has 0 unspecified atom stereocenters. The minimum atomic E-state index is -4.67. The molecule has 0 fully saturated rings. The van der Waals surface area contributed by atoms with Gasteiger partial charge in [-0.15, -0.1) is 0 Å². The number of aromatic nitrogens is 2. The van der Waals surface area contributed by atoms with Crippen LogP contribution < -0.4 is 16.2 Å². The van der Waals surface area contributed by atoms with Gasteiger partial charge in [0, 0.05) is 11.2 Å². The summed E-state index contributed by atoms with van der Waals surface area (Å²) in [6, 6.07) is 3.04. The van der Waals surface area contributed by atoms with Crippen LogP contribution in [0.4, 0.5) is 36.2 Å². The van der Waals surface area contributed by atoms with Crippen molar-refractivity contribution in [1.82, 2.24) is 15.4 Å². The molecule has 8 nitrogen and oxygen atoms in total. The lowest BCUT2D eigenvalue weighted by Gasteiger charge is -2.21. The second-order valence-corrected chi connectivity index (χ2v) is 6.90. The third-order valence-corrected chi connectivity index (χ3v) is 3.42. The van der Waals surface area contributed by atoms with Crippen LogP contribution in [-0.4, -0.2) is 20.4 Å². The van der Waals surface area contributed by atoms with Crippen molar-refractivity contribution in [2.45, 2.75) is 32.5 Å². The molecule has 12 heteroatoms. The number of hydrogen-bond acceptors (Lipinski definition) is 7. The predicted molar refractivity (Wildman–Crippen MR) is 94.9 cm³/mol. The molecule has 146 valence electrons. The van der Waals surface area contributed by atoms with E-state index in [4.69, 9.17) is 11.6 Å². The summed E-state index contributed by atoms with van der Waals surface area (Å²) in [5, 5.41) is 13.5. The SMILES string of the molecule is CC(C)(C)NNc1ncnc(Nc2ccc(Cl)c(C(F)(F)F)c2)c1[N+](=O)[O-]. The highest BCUT2D eigenvalue weighted by atomic mass is 35.5. The van der Waals surface area contributed by atoms with Gasteiger partial charge < -0.3 is 5.32 Å². The summed E-state index contributed by atoms with van der Waals surface area (Å²) in [6.07, 6.45) is -3.63. The van der Waals surface area contributed by atoms with Gasteiger partial charge in [0.2, 0.25) is 11.6 Å². The molecule has 0 saturated heterocycles. The minimum Gasteiger partial charge on any atom is -0.334 e. The topological polar surface area (TPSA) is 105 Å². The van der Waals surface area contributed by atoms with E-state index >= 15 is 0 Å². The van der Waals surface area contributed by atoms with Gasteiger partial charge in [-0.25, -0.2) is 15.4 Å². The fourth-order valence-electron chi connectivity index (χ4n) is 1.94. The van der Waals surface area contributed by atoms with Gasteiger partial charge in [-0.1, -0.05) is 11.6 Å². The van der Waals surface area contributed by atoms with Gasteiger partial charge in [0.15, 0.2) is 0 Å². The van der Waals surface area contributed by atoms with Crippen molar-refractivity contribution in [2.75, 3.05) is 10.7 Å². The number of benzene rings is 1. The van der Waals surface area contributed by atoms with E-state index in [0.29, 0.717) is 0 Å². The van der Waals surface area contributed by atoms with E-state index < -0.39 is 32.9 Å². The number of alkyl halides is 3. The number of nitro groups is 1. The molecule has 27 heavy (non-hydrogen) atoms. The summed E-state index contributed by atoms with van der Waals surface area (Å²) in [7, 11) is 0. The average molecular weight is 405 g/mol. The van der Waals surface area contributed by atoms with Crippen molar-refractivity contribution < 1.29 is 18.1 Å². The summed E-state index contributed by atoms with van der Waals surface area (Å²) in [5.41, 5.74) is 3.35. The molecule has 0 saturated carbocycles. The Morgan fingerprint density at radius 1 is 1.15 bits per heavy atom. The van der Waals surface area contributed by atoms with Crippen molar-refractivity contribution in [3.05, 3.63) is 45.2 Å². The van der Waals surface area contributed by atoms with E-state index in [1.807, 2.05) is 20.8 Å². The Bertz CT molecular complexity index is 854. The fraction of sp³-hybridized carbons (Fsp3) is 0.333. The Balaban J connectivity index is 2.41. The maximum absolute atomic E-state index is 13.0. The number of nitrogens with one attached hydrogen (secondary N) is 3. The molecular weight excluding hydrogens is 389 g/mol. The van der Waals surface area contributed by atoms with Crippen molar-refractivity contribution in [2.24, 2.45) is 0 Å². The number of hydrogen-bond donors (Lipinski definition) is 3. The zero-order chi connectivity index (χ0) is 20.4. The highest BCUT2D eigenvalue weighted by Crippen LogP contribution is 2.37. The molecule has 2 rings (SSSR count). The molecule has 0 aliphatic rings. The van der Waals surface area contributed by atoms with Gasteiger partial charge >= 0.3 is 11.9 Å². The first-order chi connectivity index (χ1) is 12.4. The maximum atomic E-state index is 13.0. The van der Waals surface area contributed by atoms with Crippen LogP contribution in [0.1, 0.15) is 26.3 Å². The zero-order valence-electron chi connectivity index (χ0n) is 14.5. The van der Waals surface area contributed by atoms with Crippen LogP contribution in [0.25, 0.3) is 0 Å². The lowest BCUT2D eigenvalue weighted by Crippen LogP contribution is -2.40. The Labute approximate surface area is 157 Å². The standard InChI is InChI=1S/C15H16ClF3N6O2/c1-14(2,3)24-23-13-11(25(26)27)12(20-7-21-13)22-8-4-5-10(16)9(6-8)15(17,18)19/h4-7,24H,1-3H3,(H2,20,21,22,23). The Kier molecular flexibility index (Phi) is 5.76. The number of anilines is 3. The summed E-state index contributed by atoms with van der Waals surface area (Å²) >= 11 is 5.57. The number of halogens is 4. The van der Waals surface area contributed by atoms with Gasteiger partial charge in [0.1, 0.15) is 6.33 Å². The van der Waals surface area contributed by atoms with Crippen LogP contribution in [-0.2, 0) is 6.18 Å². The summed E-state index contributed by atoms with van der Waals surface area (Å²) < 4.78 is 39.0. The van der Waals surface area contributed by atoms with Crippen LogP contribution in [0, 0.1) is 10.1 Å². The molecule has 0 aliphatic carbocycles. The highest BCUT2D eigenvalue weighted by molar-refractivity contribution is 6.31. The maximum Gasteiger partial charge on any atom is 0.417 e. The highest BCUT2D eigenvalue weighted by Gasteiger charge is 2.33. The predicted octanol–water partition coefficient (Wildman–Crippen LogP) is 4.52. The molecule has 0 aliphatic heterocycles. The molecule has 1 heterocycles. The van der Waals surface area contributed by atoms with E-state index in [0.717, 1.165) is 18.5 Å². The normalized spacial score (nSPS) is 12.0. The summed E-state index contributed by atoms with van der Waals surface area (Å²) in [6.45, 7) is 5.45. The van der Waals surface area contributed by atoms with Gasteiger partial charge in [0.25, 0.3) is 0 Å². The summed E-state index contributed by atoms with van der Waals surface area (Å²) in [4.78, 5) is 18.3. The van der Waals surface area contributed by atoms with E-state index in [1.54, 1.807) is 0 Å². The quantitative estimate of drug-likeness (QED) is 0.497. The van der Waals surface area contributed by atoms with Crippen molar-refractivity contribution in [3.8, 4) is 0 Å². The molecule has 1 aromatic heterocycles. The lowest BCUT2D eigenvalue weighted by molar-refractivity contribution is -0.383. The molecular formula is C15H16ClF3N6O2. The fourth-order valence-corrected chi connectivity index (χ4v) is 2.16. The van der Waals surface area contributed by atoms with E-state index in [9.17, 15) is 23.3 Å². The first kappa shape index (κ1) is 20.6. The Hall–Kier alpha value is -2.66. The Morgan fingerprint density at radius 3 is 2.33 bits per heavy atom. The molecule has 0 spiro atoms. The third kappa shape index (κ3) is 5.41. The van der Waals surface area contributed by atoms with Gasteiger partial charge in [-0.05, 0) is 39.0 Å². The van der Waals surface area contributed by atoms with Crippen molar-refractivity contribution >= 4 is 34.6 Å². The van der Waals surface area contributed by atoms with Crippen LogP contribution in [0.3, 0.4) is 0 Å². The third-order valence-electron chi connectivity index (χ3n) is 3.10. The molecule has 0 radical (unpaired) electrons. The monoisotopic (exact) mass is 404 g/mol. The first-order valence-corrected chi connectivity index (χ1v) is 7.92. The second kappa shape index (κ2) is 7.53. The second-order valence-electron chi connectivity index (χ2n) is 6.49. The van der Waals surface area contributed by atoms with Gasteiger partial charge in [-0.2, -0.15) is 13.2 Å². The minimum absolute atomic E-state index is 0.0664. The van der Waals surface area contributed by atoms with Crippen LogP contribution in [0.15, 0.2) is 24.5 Å². The van der Waals surface area contributed by atoms with Gasteiger partial charge in [-0.3, -0.25) is 15.5 Å².